The molecule has 0 aliphatic carbocycles. The molecule has 27 heavy (non-hydrogen) atoms. The van der Waals surface area contributed by atoms with Gasteiger partial charge in [-0.1, -0.05) is 18.2 Å². The van der Waals surface area contributed by atoms with Gasteiger partial charge in [-0.3, -0.25) is 20.2 Å². The highest BCUT2D eigenvalue weighted by molar-refractivity contribution is 7.89. The van der Waals surface area contributed by atoms with Crippen LogP contribution in [0.15, 0.2) is 53.4 Å². The van der Waals surface area contributed by atoms with Crippen LogP contribution in [0, 0.1) is 20.2 Å². The first kappa shape index (κ1) is 18.7. The summed E-state index contributed by atoms with van der Waals surface area (Å²) in [5.74, 6) is 0. The van der Waals surface area contributed by atoms with Gasteiger partial charge >= 0.3 is 0 Å². The highest BCUT2D eigenvalue weighted by Gasteiger charge is 2.31. The van der Waals surface area contributed by atoms with E-state index in [2.05, 4.69) is 0 Å². The van der Waals surface area contributed by atoms with E-state index in [1.807, 2.05) is 0 Å². The van der Waals surface area contributed by atoms with Crippen molar-refractivity contribution in [3.05, 3.63) is 68.8 Å². The number of hydrogen-bond donors (Lipinski definition) is 0. The van der Waals surface area contributed by atoms with Crippen molar-refractivity contribution < 1.29 is 18.3 Å². The Balaban J connectivity index is 1.80. The second-order valence-electron chi connectivity index (χ2n) is 5.89. The molecule has 2 aromatic carbocycles. The van der Waals surface area contributed by atoms with Gasteiger partial charge in [-0.25, -0.2) is 8.42 Å². The number of nitrogens with zero attached hydrogens (tertiary/aromatic N) is 4. The lowest BCUT2D eigenvalue weighted by Crippen LogP contribution is -2.48. The number of sulfonamides is 1. The number of benzene rings is 2. The Kier molecular flexibility index (Phi) is 5.06. The van der Waals surface area contributed by atoms with Crippen molar-refractivity contribution in [1.29, 1.82) is 0 Å². The van der Waals surface area contributed by atoms with Crippen LogP contribution < -0.4 is 4.90 Å². The fourth-order valence-electron chi connectivity index (χ4n) is 2.95. The molecule has 0 unspecified atom stereocenters. The summed E-state index contributed by atoms with van der Waals surface area (Å²) in [6, 6.07) is 11.5. The minimum absolute atomic E-state index is 0.158. The maximum atomic E-state index is 12.6. The molecule has 1 heterocycles. The molecule has 142 valence electrons. The molecule has 0 saturated carbocycles. The van der Waals surface area contributed by atoms with E-state index in [0.29, 0.717) is 0 Å². The highest BCUT2D eigenvalue weighted by Crippen LogP contribution is 2.33. The third kappa shape index (κ3) is 3.73. The molecule has 1 fully saturated rings. The molecule has 11 heteroatoms. The maximum absolute atomic E-state index is 12.6. The van der Waals surface area contributed by atoms with Crippen molar-refractivity contribution in [2.24, 2.45) is 0 Å². The Hall–Kier alpha value is -3.05. The molecule has 2 aromatic rings. The highest BCUT2D eigenvalue weighted by atomic mass is 32.2. The number of nitro groups is 2. The first-order valence-electron chi connectivity index (χ1n) is 8.03. The number of non-ortho nitro benzene ring substituents is 1. The molecule has 0 N–H and O–H groups in total. The van der Waals surface area contributed by atoms with Crippen LogP contribution in [0.1, 0.15) is 0 Å². The van der Waals surface area contributed by atoms with Gasteiger partial charge in [0.25, 0.3) is 11.4 Å². The van der Waals surface area contributed by atoms with Gasteiger partial charge in [-0.2, -0.15) is 4.31 Å². The number of piperazine rings is 1. The molecular formula is C16H16N4O6S. The van der Waals surface area contributed by atoms with Crippen molar-refractivity contribution in [1.82, 2.24) is 4.31 Å². The summed E-state index contributed by atoms with van der Waals surface area (Å²) in [5, 5.41) is 22.1. The van der Waals surface area contributed by atoms with Crippen LogP contribution in [-0.2, 0) is 10.0 Å². The molecular weight excluding hydrogens is 376 g/mol. The number of rotatable bonds is 5. The van der Waals surface area contributed by atoms with Gasteiger partial charge in [0, 0.05) is 32.2 Å². The van der Waals surface area contributed by atoms with Gasteiger partial charge in [0.15, 0.2) is 0 Å². The summed E-state index contributed by atoms with van der Waals surface area (Å²) in [6.07, 6.45) is 0. The summed E-state index contributed by atoms with van der Waals surface area (Å²) in [7, 11) is -3.63. The molecule has 3 rings (SSSR count). The summed E-state index contributed by atoms with van der Waals surface area (Å²) < 4.78 is 26.6. The average molecular weight is 392 g/mol. The van der Waals surface area contributed by atoms with Crippen LogP contribution in [-0.4, -0.2) is 48.7 Å². The van der Waals surface area contributed by atoms with Crippen LogP contribution in [0.2, 0.25) is 0 Å². The average Bonchev–Trinajstić information content (AvgIpc) is 2.68. The normalized spacial score (nSPS) is 15.5. The Morgan fingerprint density at radius 2 is 1.48 bits per heavy atom. The van der Waals surface area contributed by atoms with Crippen LogP contribution >= 0.6 is 0 Å². The molecule has 0 amide bonds. The van der Waals surface area contributed by atoms with Gasteiger partial charge < -0.3 is 4.90 Å². The van der Waals surface area contributed by atoms with Crippen LogP contribution in [0.25, 0.3) is 0 Å². The van der Waals surface area contributed by atoms with E-state index in [9.17, 15) is 28.6 Å². The first-order valence-corrected chi connectivity index (χ1v) is 9.47. The first-order chi connectivity index (χ1) is 12.8. The van der Waals surface area contributed by atoms with E-state index in [1.165, 1.54) is 28.6 Å². The van der Waals surface area contributed by atoms with Crippen LogP contribution in [0.3, 0.4) is 0 Å². The zero-order chi connectivity index (χ0) is 19.6. The van der Waals surface area contributed by atoms with E-state index >= 15 is 0 Å². The zero-order valence-corrected chi connectivity index (χ0v) is 14.9. The van der Waals surface area contributed by atoms with E-state index in [-0.39, 0.29) is 48.1 Å². The molecule has 0 atom stereocenters. The molecule has 0 spiro atoms. The lowest BCUT2D eigenvalue weighted by atomic mass is 10.2. The van der Waals surface area contributed by atoms with Crippen LogP contribution in [0.5, 0.6) is 0 Å². The van der Waals surface area contributed by atoms with Crippen molar-refractivity contribution in [3.63, 3.8) is 0 Å². The molecule has 1 aliphatic heterocycles. The quantitative estimate of drug-likeness (QED) is 0.562. The Morgan fingerprint density at radius 3 is 2.04 bits per heavy atom. The van der Waals surface area contributed by atoms with Crippen LogP contribution in [0.4, 0.5) is 17.1 Å². The second-order valence-corrected chi connectivity index (χ2v) is 7.83. The Morgan fingerprint density at radius 1 is 0.852 bits per heavy atom. The van der Waals surface area contributed by atoms with Gasteiger partial charge in [0.05, 0.1) is 20.8 Å². The molecule has 1 saturated heterocycles. The fraction of sp³-hybridized carbons (Fsp3) is 0.250. The van der Waals surface area contributed by atoms with Gasteiger partial charge in [0.2, 0.25) is 10.0 Å². The van der Waals surface area contributed by atoms with Gasteiger partial charge in [0.1, 0.15) is 5.69 Å². The van der Waals surface area contributed by atoms with E-state index in [1.54, 1.807) is 23.1 Å². The van der Waals surface area contributed by atoms with Crippen molar-refractivity contribution in [3.8, 4) is 0 Å². The Bertz CT molecular complexity index is 972. The monoisotopic (exact) mass is 392 g/mol. The van der Waals surface area contributed by atoms with Gasteiger partial charge in [-0.05, 0) is 18.2 Å². The van der Waals surface area contributed by atoms with Gasteiger partial charge in [-0.15, -0.1) is 0 Å². The lowest BCUT2D eigenvalue weighted by Gasteiger charge is -2.35. The topological polar surface area (TPSA) is 127 Å². The number of hydrogen-bond acceptors (Lipinski definition) is 7. The summed E-state index contributed by atoms with van der Waals surface area (Å²) in [4.78, 5) is 22.6. The molecule has 0 radical (unpaired) electrons. The molecule has 1 aliphatic rings. The lowest BCUT2D eigenvalue weighted by molar-refractivity contribution is -0.393. The third-order valence-electron chi connectivity index (χ3n) is 4.33. The smallest absolute Gasteiger partial charge is 0.299 e. The number of anilines is 1. The van der Waals surface area contributed by atoms with E-state index in [4.69, 9.17) is 0 Å². The summed E-state index contributed by atoms with van der Waals surface area (Å²) in [5.41, 5.74) is -0.498. The van der Waals surface area contributed by atoms with Crippen molar-refractivity contribution >= 4 is 27.1 Å². The summed E-state index contributed by atoms with van der Waals surface area (Å²) in [6.45, 7) is 0.798. The summed E-state index contributed by atoms with van der Waals surface area (Å²) >= 11 is 0. The zero-order valence-electron chi connectivity index (χ0n) is 14.1. The predicted octanol–water partition coefficient (Wildman–Crippen LogP) is 2.01. The fourth-order valence-corrected chi connectivity index (χ4v) is 4.39. The van der Waals surface area contributed by atoms with E-state index in [0.717, 1.165) is 6.07 Å². The molecule has 10 nitrogen and oxygen atoms in total. The molecule has 0 bridgehead atoms. The maximum Gasteiger partial charge on any atom is 0.299 e. The largest absolute Gasteiger partial charge is 0.363 e. The predicted molar refractivity (Wildman–Crippen MR) is 97.2 cm³/mol. The SMILES string of the molecule is O=[N+]([O-])c1ccc(N2CCN(S(=O)(=O)c3ccccc3)CC2)c([N+](=O)[O-])c1. The number of nitro benzene ring substituents is 2. The minimum Gasteiger partial charge on any atom is -0.363 e. The third-order valence-corrected chi connectivity index (χ3v) is 6.24. The minimum atomic E-state index is -3.63. The van der Waals surface area contributed by atoms with Crippen molar-refractivity contribution in [2.75, 3.05) is 31.1 Å². The van der Waals surface area contributed by atoms with E-state index < -0.39 is 19.9 Å². The van der Waals surface area contributed by atoms with Crippen molar-refractivity contribution in [2.45, 2.75) is 4.90 Å². The standard InChI is InChI=1S/C16H16N4O6S/c21-19(22)13-6-7-15(16(12-13)20(23)24)17-8-10-18(11-9-17)27(25,26)14-4-2-1-3-5-14/h1-7,12H,8-11H2. The second kappa shape index (κ2) is 7.29. The molecule has 0 aromatic heterocycles. The Labute approximate surface area is 155 Å².